The number of nitrogens with one attached hydrogen (secondary N) is 1. The van der Waals surface area contributed by atoms with Crippen LogP contribution < -0.4 is 4.72 Å². The monoisotopic (exact) mass is 418 g/mol. The summed E-state index contributed by atoms with van der Waals surface area (Å²) in [6.45, 7) is 1.66. The van der Waals surface area contributed by atoms with Gasteiger partial charge in [-0.1, -0.05) is 42.5 Å². The average Bonchev–Trinajstić information content (AvgIpc) is 2.72. The Morgan fingerprint density at radius 2 is 1.66 bits per heavy atom. The molecule has 0 spiro atoms. The van der Waals surface area contributed by atoms with Crippen molar-refractivity contribution in [2.24, 2.45) is 0 Å². The van der Waals surface area contributed by atoms with Crippen LogP contribution in [0.4, 0.5) is 5.69 Å². The predicted octanol–water partition coefficient (Wildman–Crippen LogP) is 1.81. The summed E-state index contributed by atoms with van der Waals surface area (Å²) in [6, 6.07) is 14.8. The summed E-state index contributed by atoms with van der Waals surface area (Å²) in [5, 5.41) is 0. The number of amides is 1. The lowest BCUT2D eigenvalue weighted by Crippen LogP contribution is -2.44. The predicted molar refractivity (Wildman–Crippen MR) is 107 cm³/mol. The first-order valence-corrected chi connectivity index (χ1v) is 10.9. The number of hydrogen-bond acceptors (Lipinski definition) is 6. The smallest absolute Gasteiger partial charge is 0.341 e. The lowest BCUT2D eigenvalue weighted by molar-refractivity contribution is -0.145. The Bertz CT molecular complexity index is 971. The number of anilines is 1. The van der Waals surface area contributed by atoms with Gasteiger partial charge in [-0.3, -0.25) is 9.52 Å². The number of carbonyl (C=O) groups is 2. The maximum Gasteiger partial charge on any atom is 0.341 e. The third kappa shape index (κ3) is 5.55. The van der Waals surface area contributed by atoms with E-state index in [-0.39, 0.29) is 17.2 Å². The first kappa shape index (κ1) is 20.8. The molecule has 29 heavy (non-hydrogen) atoms. The van der Waals surface area contributed by atoms with E-state index in [4.69, 9.17) is 9.47 Å². The fourth-order valence-electron chi connectivity index (χ4n) is 2.96. The first-order valence-electron chi connectivity index (χ1n) is 9.04. The number of para-hydroxylation sites is 1. The highest BCUT2D eigenvalue weighted by atomic mass is 32.2. The minimum Gasteiger partial charge on any atom is -0.444 e. The largest absolute Gasteiger partial charge is 0.444 e. The Balaban J connectivity index is 1.88. The van der Waals surface area contributed by atoms with Crippen molar-refractivity contribution < 1.29 is 27.5 Å². The second-order valence-electron chi connectivity index (χ2n) is 6.55. The van der Waals surface area contributed by atoms with Crippen LogP contribution in [0.15, 0.2) is 54.6 Å². The Kier molecular flexibility index (Phi) is 6.50. The van der Waals surface area contributed by atoms with Crippen LogP contribution in [-0.4, -0.2) is 57.8 Å². The SMILES string of the molecule is CS(=O)(=O)Nc1ccccc1C(=O)OC(C(=O)N1CCOCC1)c1ccccc1. The fourth-order valence-corrected chi connectivity index (χ4v) is 3.54. The van der Waals surface area contributed by atoms with Crippen LogP contribution in [0.3, 0.4) is 0 Å². The minimum atomic E-state index is -3.59. The summed E-state index contributed by atoms with van der Waals surface area (Å²) in [5.74, 6) is -1.14. The van der Waals surface area contributed by atoms with Crippen molar-refractivity contribution >= 4 is 27.6 Å². The third-order valence-corrected chi connectivity index (χ3v) is 4.91. The molecule has 2 aromatic carbocycles. The number of nitrogens with zero attached hydrogens (tertiary/aromatic N) is 1. The Labute approximate surface area is 169 Å². The van der Waals surface area contributed by atoms with E-state index in [1.54, 1.807) is 47.4 Å². The van der Waals surface area contributed by atoms with Crippen molar-refractivity contribution in [1.29, 1.82) is 0 Å². The fraction of sp³-hybridized carbons (Fsp3) is 0.300. The van der Waals surface area contributed by atoms with Crippen molar-refractivity contribution in [2.45, 2.75) is 6.10 Å². The van der Waals surface area contributed by atoms with Gasteiger partial charge < -0.3 is 14.4 Å². The van der Waals surface area contributed by atoms with Gasteiger partial charge in [0.05, 0.1) is 30.7 Å². The van der Waals surface area contributed by atoms with E-state index in [1.807, 2.05) is 0 Å². The number of sulfonamides is 1. The zero-order valence-corrected chi connectivity index (χ0v) is 16.7. The highest BCUT2D eigenvalue weighted by Crippen LogP contribution is 2.25. The van der Waals surface area contributed by atoms with Crippen molar-refractivity contribution in [2.75, 3.05) is 37.3 Å². The molecule has 1 aliphatic rings. The maximum absolute atomic E-state index is 13.1. The van der Waals surface area contributed by atoms with Crippen LogP contribution in [0.25, 0.3) is 0 Å². The number of esters is 1. The van der Waals surface area contributed by atoms with Crippen LogP contribution in [-0.2, 0) is 24.3 Å². The number of hydrogen-bond donors (Lipinski definition) is 1. The standard InChI is InChI=1S/C20H22N2O6S/c1-29(25,26)21-17-10-6-5-9-16(17)20(24)28-18(15-7-3-2-4-8-15)19(23)22-11-13-27-14-12-22/h2-10,18,21H,11-14H2,1H3. The van der Waals surface area contributed by atoms with Gasteiger partial charge in [0.25, 0.3) is 5.91 Å². The molecule has 1 N–H and O–H groups in total. The van der Waals surface area contributed by atoms with Crippen molar-refractivity contribution in [3.05, 3.63) is 65.7 Å². The molecular weight excluding hydrogens is 396 g/mol. The molecule has 1 atom stereocenters. The van der Waals surface area contributed by atoms with Crippen LogP contribution in [0, 0.1) is 0 Å². The molecule has 1 heterocycles. The molecule has 1 aliphatic heterocycles. The molecule has 8 nitrogen and oxygen atoms in total. The van der Waals surface area contributed by atoms with Gasteiger partial charge in [-0.15, -0.1) is 0 Å². The van der Waals surface area contributed by atoms with E-state index in [9.17, 15) is 18.0 Å². The molecule has 1 amide bonds. The zero-order chi connectivity index (χ0) is 20.9. The molecule has 1 saturated heterocycles. The molecule has 3 rings (SSSR count). The van der Waals surface area contributed by atoms with Gasteiger partial charge in [-0.05, 0) is 12.1 Å². The minimum absolute atomic E-state index is 0.0219. The van der Waals surface area contributed by atoms with Crippen molar-refractivity contribution in [3.63, 3.8) is 0 Å². The van der Waals surface area contributed by atoms with Gasteiger partial charge in [-0.25, -0.2) is 13.2 Å². The van der Waals surface area contributed by atoms with E-state index in [0.29, 0.717) is 31.9 Å². The molecular formula is C20H22N2O6S. The number of morpholine rings is 1. The molecule has 0 aliphatic carbocycles. The highest BCUT2D eigenvalue weighted by molar-refractivity contribution is 7.92. The molecule has 0 bridgehead atoms. The molecule has 9 heteroatoms. The molecule has 2 aromatic rings. The number of rotatable bonds is 6. The van der Waals surface area contributed by atoms with Gasteiger partial charge in [-0.2, -0.15) is 0 Å². The quantitative estimate of drug-likeness (QED) is 0.718. The van der Waals surface area contributed by atoms with Gasteiger partial charge in [0.2, 0.25) is 16.1 Å². The van der Waals surface area contributed by atoms with E-state index in [1.165, 1.54) is 12.1 Å². The van der Waals surface area contributed by atoms with Gasteiger partial charge in [0.15, 0.2) is 0 Å². The summed E-state index contributed by atoms with van der Waals surface area (Å²) >= 11 is 0. The summed E-state index contributed by atoms with van der Waals surface area (Å²) in [5.41, 5.74) is 0.644. The lowest BCUT2D eigenvalue weighted by Gasteiger charge is -2.30. The van der Waals surface area contributed by atoms with E-state index < -0.39 is 22.1 Å². The Hall–Kier alpha value is -2.91. The van der Waals surface area contributed by atoms with Crippen molar-refractivity contribution in [3.8, 4) is 0 Å². The molecule has 1 unspecified atom stereocenters. The van der Waals surface area contributed by atoms with E-state index in [0.717, 1.165) is 6.26 Å². The van der Waals surface area contributed by atoms with Crippen LogP contribution in [0.1, 0.15) is 22.0 Å². The van der Waals surface area contributed by atoms with Crippen molar-refractivity contribution in [1.82, 2.24) is 4.90 Å². The van der Waals surface area contributed by atoms with E-state index >= 15 is 0 Å². The van der Waals surface area contributed by atoms with Crippen LogP contribution in [0.5, 0.6) is 0 Å². The maximum atomic E-state index is 13.1. The second kappa shape index (κ2) is 9.06. The molecule has 0 saturated carbocycles. The van der Waals surface area contributed by atoms with Gasteiger partial charge >= 0.3 is 5.97 Å². The summed E-state index contributed by atoms with van der Waals surface area (Å²) in [4.78, 5) is 27.5. The zero-order valence-electron chi connectivity index (χ0n) is 15.9. The molecule has 0 aromatic heterocycles. The second-order valence-corrected chi connectivity index (χ2v) is 8.30. The molecule has 154 valence electrons. The van der Waals surface area contributed by atoms with Crippen LogP contribution in [0.2, 0.25) is 0 Å². The number of carbonyl (C=O) groups excluding carboxylic acids is 2. The molecule has 0 radical (unpaired) electrons. The van der Waals surface area contributed by atoms with E-state index in [2.05, 4.69) is 4.72 Å². The number of ether oxygens (including phenoxy) is 2. The van der Waals surface area contributed by atoms with Gasteiger partial charge in [0.1, 0.15) is 0 Å². The lowest BCUT2D eigenvalue weighted by atomic mass is 10.1. The molecule has 1 fully saturated rings. The highest BCUT2D eigenvalue weighted by Gasteiger charge is 2.31. The normalized spacial score (nSPS) is 15.4. The average molecular weight is 418 g/mol. The van der Waals surface area contributed by atoms with Gasteiger partial charge in [0, 0.05) is 18.7 Å². The Morgan fingerprint density at radius 3 is 2.31 bits per heavy atom. The summed E-state index contributed by atoms with van der Waals surface area (Å²) < 4.78 is 36.4. The topological polar surface area (TPSA) is 102 Å². The summed E-state index contributed by atoms with van der Waals surface area (Å²) in [6.07, 6.45) is -0.155. The summed E-state index contributed by atoms with van der Waals surface area (Å²) in [7, 11) is -3.59. The number of benzene rings is 2. The Morgan fingerprint density at radius 1 is 1.03 bits per heavy atom. The third-order valence-electron chi connectivity index (χ3n) is 4.32. The first-order chi connectivity index (χ1) is 13.8. The van der Waals surface area contributed by atoms with Crippen LogP contribution >= 0.6 is 0 Å².